The van der Waals surface area contributed by atoms with Gasteiger partial charge in [0.25, 0.3) is 5.56 Å². The first-order chi connectivity index (χ1) is 9.34. The average molecular weight is 268 g/mol. The van der Waals surface area contributed by atoms with Crippen LogP contribution in [0.4, 0.5) is 0 Å². The van der Waals surface area contributed by atoms with Crippen LogP contribution in [-0.4, -0.2) is 9.19 Å². The fraction of sp³-hybridized carbons (Fsp3) is 0.0667. The maximum absolute atomic E-state index is 12.2. The molecule has 3 nitrogen and oxygen atoms in total. The van der Waals surface area contributed by atoms with E-state index in [1.165, 1.54) is 21.6 Å². The number of rotatable bonds is 3. The van der Waals surface area contributed by atoms with E-state index in [1.54, 1.807) is 6.20 Å². The topological polar surface area (TPSA) is 34.9 Å². The molecular weight excluding hydrogens is 256 g/mol. The Kier molecular flexibility index (Phi) is 3.33. The van der Waals surface area contributed by atoms with Gasteiger partial charge in [0.1, 0.15) is 0 Å². The highest BCUT2D eigenvalue weighted by atomic mass is 32.2. The second kappa shape index (κ2) is 5.28. The molecule has 0 N–H and O–H groups in total. The minimum Gasteiger partial charge on any atom is -0.266 e. The zero-order valence-electron chi connectivity index (χ0n) is 10.2. The van der Waals surface area contributed by atoms with Crippen LogP contribution in [0.3, 0.4) is 0 Å². The molecule has 0 bridgehead atoms. The van der Waals surface area contributed by atoms with Gasteiger partial charge in [-0.05, 0) is 23.6 Å². The summed E-state index contributed by atoms with van der Waals surface area (Å²) < 4.78 is 1.45. The maximum atomic E-state index is 12.2. The molecular formula is C15H12N2OS. The van der Waals surface area contributed by atoms with E-state index < -0.39 is 0 Å². The fourth-order valence-electron chi connectivity index (χ4n) is 1.88. The van der Waals surface area contributed by atoms with E-state index in [-0.39, 0.29) is 5.56 Å². The summed E-state index contributed by atoms with van der Waals surface area (Å²) in [6, 6.07) is 17.6. The van der Waals surface area contributed by atoms with E-state index in [0.717, 1.165) is 11.1 Å². The zero-order chi connectivity index (χ0) is 13.1. The molecule has 0 fully saturated rings. The number of benzene rings is 2. The van der Waals surface area contributed by atoms with Gasteiger partial charge in [0.05, 0.1) is 11.6 Å². The summed E-state index contributed by atoms with van der Waals surface area (Å²) in [5.74, 6) is 0.728. The van der Waals surface area contributed by atoms with Crippen molar-refractivity contribution >= 4 is 22.7 Å². The Bertz CT molecular complexity index is 753. The minimum atomic E-state index is -0.0565. The van der Waals surface area contributed by atoms with Gasteiger partial charge >= 0.3 is 0 Å². The van der Waals surface area contributed by atoms with Gasteiger partial charge < -0.3 is 0 Å². The third kappa shape index (κ3) is 2.53. The molecule has 1 aromatic heterocycles. The van der Waals surface area contributed by atoms with Crippen molar-refractivity contribution in [2.75, 3.05) is 0 Å². The van der Waals surface area contributed by atoms with E-state index in [1.807, 2.05) is 54.6 Å². The molecule has 0 aliphatic heterocycles. The van der Waals surface area contributed by atoms with Crippen molar-refractivity contribution in [3.05, 3.63) is 76.7 Å². The van der Waals surface area contributed by atoms with Crippen LogP contribution in [0.25, 0.3) is 10.8 Å². The van der Waals surface area contributed by atoms with E-state index in [2.05, 4.69) is 5.10 Å². The van der Waals surface area contributed by atoms with Gasteiger partial charge in [0.2, 0.25) is 0 Å². The molecule has 2 aromatic carbocycles. The smallest absolute Gasteiger partial charge is 0.266 e. The van der Waals surface area contributed by atoms with Crippen molar-refractivity contribution in [1.29, 1.82) is 0 Å². The predicted octanol–water partition coefficient (Wildman–Crippen LogP) is 3.09. The first kappa shape index (κ1) is 12.0. The van der Waals surface area contributed by atoms with Crippen LogP contribution in [0.15, 0.2) is 65.6 Å². The van der Waals surface area contributed by atoms with Gasteiger partial charge in [-0.3, -0.25) is 4.79 Å². The second-order valence-electron chi connectivity index (χ2n) is 4.17. The van der Waals surface area contributed by atoms with Crippen LogP contribution in [0.1, 0.15) is 5.56 Å². The summed E-state index contributed by atoms with van der Waals surface area (Å²) >= 11 is 1.41. The van der Waals surface area contributed by atoms with Crippen LogP contribution in [0.2, 0.25) is 0 Å². The lowest BCUT2D eigenvalue weighted by molar-refractivity contribution is 0.934. The monoisotopic (exact) mass is 268 g/mol. The van der Waals surface area contributed by atoms with E-state index >= 15 is 0 Å². The Labute approximate surface area is 115 Å². The summed E-state index contributed by atoms with van der Waals surface area (Å²) in [6.45, 7) is 0. The SMILES string of the molecule is O=c1c2ccccc2cnn1SCc1ccccc1. The number of nitrogens with zero attached hydrogens (tertiary/aromatic N) is 2. The van der Waals surface area contributed by atoms with Gasteiger partial charge in [0, 0.05) is 11.1 Å². The molecule has 0 spiro atoms. The van der Waals surface area contributed by atoms with Crippen LogP contribution in [0, 0.1) is 0 Å². The lowest BCUT2D eigenvalue weighted by atomic mass is 10.2. The first-order valence-electron chi connectivity index (χ1n) is 5.99. The molecule has 0 saturated heterocycles. The molecule has 94 valence electrons. The summed E-state index contributed by atoms with van der Waals surface area (Å²) in [5.41, 5.74) is 1.12. The summed E-state index contributed by atoms with van der Waals surface area (Å²) in [5, 5.41) is 5.77. The summed E-state index contributed by atoms with van der Waals surface area (Å²) in [7, 11) is 0. The van der Waals surface area contributed by atoms with Crippen LogP contribution < -0.4 is 5.56 Å². The number of fused-ring (bicyclic) bond motifs is 1. The van der Waals surface area contributed by atoms with Gasteiger partial charge in [-0.1, -0.05) is 48.5 Å². The Morgan fingerprint density at radius 2 is 1.74 bits per heavy atom. The Morgan fingerprint density at radius 1 is 1.00 bits per heavy atom. The Hall–Kier alpha value is -2.07. The highest BCUT2D eigenvalue weighted by molar-refractivity contribution is 7.96. The zero-order valence-corrected chi connectivity index (χ0v) is 11.0. The average Bonchev–Trinajstić information content (AvgIpc) is 2.48. The summed E-state index contributed by atoms with van der Waals surface area (Å²) in [6.07, 6.45) is 1.73. The maximum Gasteiger partial charge on any atom is 0.285 e. The lowest BCUT2D eigenvalue weighted by Gasteiger charge is -2.04. The minimum absolute atomic E-state index is 0.0565. The number of hydrogen-bond acceptors (Lipinski definition) is 3. The molecule has 3 rings (SSSR count). The molecule has 3 aromatic rings. The summed E-state index contributed by atoms with van der Waals surface area (Å²) in [4.78, 5) is 12.2. The van der Waals surface area contributed by atoms with E-state index in [9.17, 15) is 4.79 Å². The second-order valence-corrected chi connectivity index (χ2v) is 5.06. The molecule has 0 aliphatic rings. The standard InChI is InChI=1S/C15H12N2OS/c18-15-14-9-5-4-8-13(14)10-16-17(15)19-11-12-6-2-1-3-7-12/h1-10H,11H2. The van der Waals surface area contributed by atoms with Crippen molar-refractivity contribution in [2.45, 2.75) is 5.75 Å². The predicted molar refractivity (Wildman–Crippen MR) is 79.1 cm³/mol. The van der Waals surface area contributed by atoms with Gasteiger partial charge in [-0.2, -0.15) is 9.19 Å². The first-order valence-corrected chi connectivity index (χ1v) is 6.93. The molecule has 19 heavy (non-hydrogen) atoms. The molecule has 0 unspecified atom stereocenters. The number of aromatic nitrogens is 2. The Morgan fingerprint density at radius 3 is 2.58 bits per heavy atom. The van der Waals surface area contributed by atoms with Crippen molar-refractivity contribution in [1.82, 2.24) is 9.19 Å². The van der Waals surface area contributed by atoms with Gasteiger partial charge in [0.15, 0.2) is 0 Å². The molecule has 0 radical (unpaired) electrons. The third-order valence-corrected chi connectivity index (χ3v) is 3.83. The van der Waals surface area contributed by atoms with Gasteiger partial charge in [-0.15, -0.1) is 0 Å². The highest BCUT2D eigenvalue weighted by Crippen LogP contribution is 2.13. The fourth-order valence-corrected chi connectivity index (χ4v) is 2.67. The van der Waals surface area contributed by atoms with Gasteiger partial charge in [-0.25, -0.2) is 0 Å². The molecule has 0 amide bonds. The van der Waals surface area contributed by atoms with Crippen molar-refractivity contribution < 1.29 is 0 Å². The van der Waals surface area contributed by atoms with Crippen LogP contribution in [-0.2, 0) is 5.75 Å². The molecule has 4 heteroatoms. The van der Waals surface area contributed by atoms with Crippen molar-refractivity contribution in [3.8, 4) is 0 Å². The van der Waals surface area contributed by atoms with Crippen LogP contribution >= 0.6 is 11.9 Å². The highest BCUT2D eigenvalue weighted by Gasteiger charge is 2.04. The van der Waals surface area contributed by atoms with E-state index in [4.69, 9.17) is 0 Å². The molecule has 0 saturated carbocycles. The largest absolute Gasteiger partial charge is 0.285 e. The van der Waals surface area contributed by atoms with Crippen molar-refractivity contribution in [3.63, 3.8) is 0 Å². The molecule has 0 atom stereocenters. The van der Waals surface area contributed by atoms with E-state index in [0.29, 0.717) is 5.39 Å². The van der Waals surface area contributed by atoms with Crippen LogP contribution in [0.5, 0.6) is 0 Å². The quantitative estimate of drug-likeness (QED) is 0.732. The third-order valence-electron chi connectivity index (χ3n) is 2.86. The van der Waals surface area contributed by atoms with Crippen molar-refractivity contribution in [2.24, 2.45) is 0 Å². The molecule has 0 aliphatic carbocycles. The molecule has 1 heterocycles. The lowest BCUT2D eigenvalue weighted by Crippen LogP contribution is -2.17. The Balaban J connectivity index is 1.90. The normalized spacial score (nSPS) is 10.7. The number of hydrogen-bond donors (Lipinski definition) is 0.